The molecule has 2 N–H and O–H groups in total. The van der Waals surface area contributed by atoms with Crippen LogP contribution in [0.4, 0.5) is 0 Å². The Bertz CT molecular complexity index is 486. The molecular weight excluding hydrogens is 288 g/mol. The predicted molar refractivity (Wildman–Crippen MR) is 54.3 cm³/mol. The zero-order chi connectivity index (χ0) is 8.72. The van der Waals surface area contributed by atoms with E-state index < -0.39 is 0 Å². The van der Waals surface area contributed by atoms with Crippen LogP contribution in [0.5, 0.6) is 0 Å². The zero-order valence-corrected chi connectivity index (χ0v) is 8.99. The van der Waals surface area contributed by atoms with Gasteiger partial charge >= 0.3 is 0 Å². The van der Waals surface area contributed by atoms with E-state index in [4.69, 9.17) is 0 Å². The Morgan fingerprint density at radius 3 is 2.75 bits per heavy atom. The summed E-state index contributed by atoms with van der Waals surface area (Å²) in [5.74, 6) is 0. The van der Waals surface area contributed by atoms with E-state index in [9.17, 15) is 4.79 Å². The first-order valence-electron chi connectivity index (χ1n) is 3.24. The van der Waals surface area contributed by atoms with Crippen LogP contribution >= 0.6 is 31.9 Å². The number of nitrogens with one attached hydrogen (secondary N) is 2. The molecule has 0 aromatic carbocycles. The van der Waals surface area contributed by atoms with Crippen molar-refractivity contribution in [3.63, 3.8) is 0 Å². The van der Waals surface area contributed by atoms with E-state index in [2.05, 4.69) is 41.8 Å². The fourth-order valence-electron chi connectivity index (χ4n) is 1.07. The molecule has 0 aliphatic carbocycles. The molecule has 5 heteroatoms. The summed E-state index contributed by atoms with van der Waals surface area (Å²) in [6.45, 7) is 0. The summed E-state index contributed by atoms with van der Waals surface area (Å²) in [6.07, 6.45) is 1.62. The van der Waals surface area contributed by atoms with Gasteiger partial charge in [-0.25, -0.2) is 0 Å². The Labute approximate surface area is 84.4 Å². The van der Waals surface area contributed by atoms with Gasteiger partial charge < -0.3 is 9.97 Å². The summed E-state index contributed by atoms with van der Waals surface area (Å²) in [5, 5.41) is 0.880. The third-order valence-electron chi connectivity index (χ3n) is 1.62. The smallest absolute Gasteiger partial charge is 0.272 e. The third-order valence-corrected chi connectivity index (χ3v) is 3.58. The highest BCUT2D eigenvalue weighted by Gasteiger charge is 2.07. The molecule has 12 heavy (non-hydrogen) atoms. The predicted octanol–water partition coefficient (Wildman–Crippen LogP) is 2.38. The normalized spacial score (nSPS) is 10.8. The molecule has 0 fully saturated rings. The highest BCUT2D eigenvalue weighted by Crippen LogP contribution is 2.29. The van der Waals surface area contributed by atoms with Crippen LogP contribution in [0.15, 0.2) is 26.1 Å². The van der Waals surface area contributed by atoms with Crippen LogP contribution in [0, 0.1) is 0 Å². The number of aromatic nitrogens is 2. The van der Waals surface area contributed by atoms with Crippen LogP contribution in [-0.4, -0.2) is 9.97 Å². The summed E-state index contributed by atoms with van der Waals surface area (Å²) in [5.41, 5.74) is 0.468. The largest absolute Gasteiger partial charge is 0.344 e. The second-order valence-electron chi connectivity index (χ2n) is 2.35. The lowest BCUT2D eigenvalue weighted by molar-refractivity contribution is 1.25. The maximum atomic E-state index is 11.2. The lowest BCUT2D eigenvalue weighted by atomic mass is 10.3. The number of rotatable bonds is 0. The van der Waals surface area contributed by atoms with Crippen LogP contribution in [0.1, 0.15) is 0 Å². The minimum atomic E-state index is -0.112. The monoisotopic (exact) mass is 290 g/mol. The molecule has 0 saturated heterocycles. The van der Waals surface area contributed by atoms with Gasteiger partial charge in [-0.2, -0.15) is 0 Å². The SMILES string of the molecule is O=c1[nH]ccc2c(Br)c(Br)[nH]c12. The Hall–Kier alpha value is -0.550. The van der Waals surface area contributed by atoms with Crippen LogP contribution in [0.25, 0.3) is 10.9 Å². The molecule has 0 amide bonds. The van der Waals surface area contributed by atoms with E-state index in [0.717, 1.165) is 14.5 Å². The molecule has 0 saturated carbocycles. The summed E-state index contributed by atoms with van der Waals surface area (Å²) < 4.78 is 1.66. The van der Waals surface area contributed by atoms with Crippen LogP contribution in [0.2, 0.25) is 0 Å². The van der Waals surface area contributed by atoms with Gasteiger partial charge in [-0.05, 0) is 37.9 Å². The number of halogens is 2. The first-order chi connectivity index (χ1) is 5.70. The first kappa shape index (κ1) is 8.07. The van der Waals surface area contributed by atoms with Gasteiger partial charge in [0, 0.05) is 11.6 Å². The van der Waals surface area contributed by atoms with Crippen molar-refractivity contribution in [2.24, 2.45) is 0 Å². The molecule has 0 unspecified atom stereocenters. The summed E-state index contributed by atoms with van der Waals surface area (Å²) in [7, 11) is 0. The second kappa shape index (κ2) is 2.74. The molecule has 0 radical (unpaired) electrons. The van der Waals surface area contributed by atoms with Crippen molar-refractivity contribution in [2.75, 3.05) is 0 Å². The molecule has 2 aromatic rings. The summed E-state index contributed by atoms with van der Waals surface area (Å²) in [4.78, 5) is 16.7. The number of hydrogen-bond donors (Lipinski definition) is 2. The minimum absolute atomic E-state index is 0.112. The molecule has 0 bridgehead atoms. The van der Waals surface area contributed by atoms with E-state index in [1.54, 1.807) is 6.20 Å². The number of pyridine rings is 1. The van der Waals surface area contributed by atoms with Crippen molar-refractivity contribution in [1.29, 1.82) is 0 Å². The van der Waals surface area contributed by atoms with Gasteiger partial charge in [-0.1, -0.05) is 0 Å². The van der Waals surface area contributed by atoms with Crippen molar-refractivity contribution in [2.45, 2.75) is 0 Å². The molecule has 0 aliphatic rings. The van der Waals surface area contributed by atoms with E-state index in [-0.39, 0.29) is 5.56 Å². The second-order valence-corrected chi connectivity index (χ2v) is 3.93. The van der Waals surface area contributed by atoms with Crippen molar-refractivity contribution < 1.29 is 0 Å². The average Bonchev–Trinajstić information content (AvgIpc) is 2.32. The molecule has 62 valence electrons. The number of hydrogen-bond acceptors (Lipinski definition) is 1. The molecule has 2 aromatic heterocycles. The Kier molecular flexibility index (Phi) is 1.84. The van der Waals surface area contributed by atoms with Crippen molar-refractivity contribution in [3.8, 4) is 0 Å². The van der Waals surface area contributed by atoms with Gasteiger partial charge in [0.25, 0.3) is 5.56 Å². The van der Waals surface area contributed by atoms with Crippen LogP contribution in [-0.2, 0) is 0 Å². The number of H-pyrrole nitrogens is 2. The Morgan fingerprint density at radius 2 is 2.08 bits per heavy atom. The van der Waals surface area contributed by atoms with Crippen molar-refractivity contribution in [1.82, 2.24) is 9.97 Å². The third kappa shape index (κ3) is 1.04. The number of fused-ring (bicyclic) bond motifs is 1. The van der Waals surface area contributed by atoms with Gasteiger partial charge in [0.2, 0.25) is 0 Å². The molecule has 0 atom stereocenters. The van der Waals surface area contributed by atoms with Gasteiger partial charge in [0.05, 0.1) is 9.08 Å². The van der Waals surface area contributed by atoms with Crippen LogP contribution in [0.3, 0.4) is 0 Å². The lowest BCUT2D eigenvalue weighted by Gasteiger charge is -1.86. The van der Waals surface area contributed by atoms with E-state index >= 15 is 0 Å². The van der Waals surface area contributed by atoms with Gasteiger partial charge in [0.1, 0.15) is 5.52 Å². The standard InChI is InChI=1S/C7H4Br2N2O/c8-4-3-1-2-10-7(12)5(3)11-6(4)9/h1-2,11H,(H,10,12). The quantitative estimate of drug-likeness (QED) is 0.769. The van der Waals surface area contributed by atoms with Crippen molar-refractivity contribution >= 4 is 42.8 Å². The average molecular weight is 292 g/mol. The Morgan fingerprint density at radius 1 is 1.33 bits per heavy atom. The van der Waals surface area contributed by atoms with Gasteiger partial charge in [-0.3, -0.25) is 4.79 Å². The highest BCUT2D eigenvalue weighted by atomic mass is 79.9. The van der Waals surface area contributed by atoms with E-state index in [1.165, 1.54) is 0 Å². The maximum Gasteiger partial charge on any atom is 0.272 e. The van der Waals surface area contributed by atoms with E-state index in [0.29, 0.717) is 5.52 Å². The fourth-order valence-corrected chi connectivity index (χ4v) is 1.91. The molecule has 0 spiro atoms. The lowest BCUT2D eigenvalue weighted by Crippen LogP contribution is -2.03. The Balaban J connectivity index is 3.05. The number of aromatic amines is 2. The molecular formula is C7H4Br2N2O. The van der Waals surface area contributed by atoms with E-state index in [1.807, 2.05) is 6.07 Å². The zero-order valence-electron chi connectivity index (χ0n) is 5.82. The van der Waals surface area contributed by atoms with Crippen molar-refractivity contribution in [3.05, 3.63) is 31.7 Å². The van der Waals surface area contributed by atoms with Crippen LogP contribution < -0.4 is 5.56 Å². The maximum absolute atomic E-state index is 11.2. The topological polar surface area (TPSA) is 48.6 Å². The highest BCUT2D eigenvalue weighted by molar-refractivity contribution is 9.13. The molecule has 3 nitrogen and oxygen atoms in total. The minimum Gasteiger partial charge on any atom is -0.344 e. The molecule has 2 rings (SSSR count). The first-order valence-corrected chi connectivity index (χ1v) is 4.83. The summed E-state index contributed by atoms with van der Waals surface area (Å²) in [6, 6.07) is 1.84. The fraction of sp³-hybridized carbons (Fsp3) is 0. The summed E-state index contributed by atoms with van der Waals surface area (Å²) >= 11 is 6.64. The van der Waals surface area contributed by atoms with Gasteiger partial charge in [0.15, 0.2) is 0 Å². The molecule has 0 aliphatic heterocycles. The van der Waals surface area contributed by atoms with Gasteiger partial charge in [-0.15, -0.1) is 0 Å². The molecule has 2 heterocycles.